The molecule has 0 fully saturated rings. The molecule has 0 aliphatic carbocycles. The number of rotatable bonds is 21. The molecule has 0 atom stereocenters. The van der Waals surface area contributed by atoms with E-state index in [-0.39, 0.29) is 0 Å². The van der Waals surface area contributed by atoms with Gasteiger partial charge >= 0.3 is 0 Å². The molecule has 0 saturated heterocycles. The summed E-state index contributed by atoms with van der Waals surface area (Å²) in [6.45, 7) is 8.19. The van der Waals surface area contributed by atoms with Crippen molar-refractivity contribution in [2.45, 2.75) is 111 Å². The van der Waals surface area contributed by atoms with E-state index >= 15 is 0 Å². The third-order valence-corrected chi connectivity index (χ3v) is 7.05. The molecule has 2 nitrogen and oxygen atoms in total. The molecule has 204 valence electrons. The first-order valence-electron chi connectivity index (χ1n) is 14.9. The fourth-order valence-corrected chi connectivity index (χ4v) is 4.59. The molecule has 3 heteroatoms. The fourth-order valence-electron chi connectivity index (χ4n) is 4.38. The summed E-state index contributed by atoms with van der Waals surface area (Å²) in [6, 6.07) is 14.9. The third-order valence-electron chi connectivity index (χ3n) is 6.68. The monoisotopic (exact) mass is 522 g/mol. The van der Waals surface area contributed by atoms with E-state index in [1.807, 2.05) is 6.08 Å². The van der Waals surface area contributed by atoms with Crippen molar-refractivity contribution < 1.29 is 9.47 Å². The van der Waals surface area contributed by atoms with Gasteiger partial charge < -0.3 is 9.47 Å². The number of ether oxygens (including phenoxy) is 2. The van der Waals surface area contributed by atoms with Crippen molar-refractivity contribution in [3.8, 4) is 11.5 Å². The van der Waals surface area contributed by atoms with Crippen molar-refractivity contribution in [2.24, 2.45) is 0 Å². The molecule has 2 aromatic carbocycles. The average molecular weight is 523 g/mol. The largest absolute Gasteiger partial charge is 0.490 e. The number of allylic oxidation sites excluding steroid dienone is 1. The second kappa shape index (κ2) is 19.9. The van der Waals surface area contributed by atoms with Crippen LogP contribution >= 0.6 is 12.2 Å². The van der Waals surface area contributed by atoms with Gasteiger partial charge in [-0.05, 0) is 54.2 Å². The number of benzene rings is 2. The van der Waals surface area contributed by atoms with Gasteiger partial charge in [0.25, 0.3) is 0 Å². The Balaban J connectivity index is 1.96. The van der Waals surface area contributed by atoms with E-state index in [1.165, 1.54) is 69.8 Å². The minimum absolute atomic E-state index is 0.731. The number of thiocarbonyl (C=S) groups is 1. The van der Waals surface area contributed by atoms with Gasteiger partial charge in [0.15, 0.2) is 11.5 Å². The van der Waals surface area contributed by atoms with E-state index < -0.39 is 0 Å². The van der Waals surface area contributed by atoms with Crippen LogP contribution in [0.1, 0.15) is 121 Å². The predicted octanol–water partition coefficient (Wildman–Crippen LogP) is 10.5. The predicted molar refractivity (Wildman–Crippen MR) is 165 cm³/mol. The maximum absolute atomic E-state index is 6.23. The number of hydrogen-bond acceptors (Lipinski definition) is 3. The van der Waals surface area contributed by atoms with Gasteiger partial charge in [0.2, 0.25) is 0 Å². The lowest BCUT2D eigenvalue weighted by molar-refractivity contribution is 0.258. The summed E-state index contributed by atoms with van der Waals surface area (Å²) in [4.78, 5) is 0.848. The van der Waals surface area contributed by atoms with Crippen LogP contribution in [0.25, 0.3) is 6.08 Å². The molecule has 0 saturated carbocycles. The first kappa shape index (κ1) is 31.1. The summed E-state index contributed by atoms with van der Waals surface area (Å²) < 4.78 is 12.4. The quantitative estimate of drug-likeness (QED) is 0.0703. The van der Waals surface area contributed by atoms with Crippen LogP contribution in [-0.2, 0) is 6.42 Å². The molecule has 0 amide bonds. The van der Waals surface area contributed by atoms with E-state index in [9.17, 15) is 0 Å². The van der Waals surface area contributed by atoms with E-state index in [4.69, 9.17) is 21.7 Å². The third kappa shape index (κ3) is 13.3. The lowest BCUT2D eigenvalue weighted by Crippen LogP contribution is -2.03. The average Bonchev–Trinajstić information content (AvgIpc) is 2.92. The summed E-state index contributed by atoms with van der Waals surface area (Å²) in [6.07, 6.45) is 21.5. The van der Waals surface area contributed by atoms with Gasteiger partial charge in [-0.3, -0.25) is 0 Å². The van der Waals surface area contributed by atoms with Crippen LogP contribution in [0.4, 0.5) is 0 Å². The standard InChI is InChI=1S/C34H50O2S/c1-4-7-9-11-13-15-26-35-32-24-20-30(28-33(32)36-27-16-14-12-10-8-5-2)21-25-34(37)31-22-18-29(17-6-3)19-23-31/h18-25,28H,4-17,26-27H2,1-3H3. The molecular formula is C34H50O2S. The van der Waals surface area contributed by atoms with Crippen LogP contribution in [0, 0.1) is 0 Å². The van der Waals surface area contributed by atoms with Crippen LogP contribution in [0.2, 0.25) is 0 Å². The van der Waals surface area contributed by atoms with Crippen LogP contribution in [-0.4, -0.2) is 18.1 Å². The zero-order valence-corrected chi connectivity index (χ0v) is 24.6. The summed E-state index contributed by atoms with van der Waals surface area (Å²) in [5, 5.41) is 0. The molecule has 0 aliphatic heterocycles. The van der Waals surface area contributed by atoms with Crippen molar-refractivity contribution >= 4 is 23.2 Å². The lowest BCUT2D eigenvalue weighted by atomic mass is 10.1. The highest BCUT2D eigenvalue weighted by molar-refractivity contribution is 7.81. The van der Waals surface area contributed by atoms with Gasteiger partial charge in [0.05, 0.1) is 13.2 Å². The molecule has 0 heterocycles. The molecule has 0 radical (unpaired) electrons. The Morgan fingerprint density at radius 3 is 1.81 bits per heavy atom. The van der Waals surface area contributed by atoms with Crippen molar-refractivity contribution in [1.82, 2.24) is 0 Å². The first-order valence-corrected chi connectivity index (χ1v) is 15.3. The van der Waals surface area contributed by atoms with Gasteiger partial charge in [0.1, 0.15) is 0 Å². The van der Waals surface area contributed by atoms with Gasteiger partial charge in [-0.25, -0.2) is 0 Å². The number of aryl methyl sites for hydroxylation is 1. The molecule has 0 aliphatic rings. The molecule has 0 bridgehead atoms. The Kier molecular flexibility index (Phi) is 16.7. The normalized spacial score (nSPS) is 11.2. The maximum atomic E-state index is 6.23. The van der Waals surface area contributed by atoms with Crippen LogP contribution in [0.15, 0.2) is 48.5 Å². The van der Waals surface area contributed by atoms with Crippen LogP contribution in [0.5, 0.6) is 11.5 Å². The number of hydrogen-bond donors (Lipinski definition) is 0. The molecule has 0 N–H and O–H groups in total. The molecule has 2 aromatic rings. The van der Waals surface area contributed by atoms with Gasteiger partial charge in [0, 0.05) is 4.86 Å². The second-order valence-electron chi connectivity index (χ2n) is 10.1. The van der Waals surface area contributed by atoms with E-state index in [0.29, 0.717) is 0 Å². The van der Waals surface area contributed by atoms with Gasteiger partial charge in [-0.2, -0.15) is 0 Å². The fraction of sp³-hybridized carbons (Fsp3) is 0.559. The molecule has 2 rings (SSSR count). The zero-order chi connectivity index (χ0) is 26.6. The lowest BCUT2D eigenvalue weighted by Gasteiger charge is -2.14. The van der Waals surface area contributed by atoms with Crippen molar-refractivity contribution in [3.05, 3.63) is 65.2 Å². The van der Waals surface area contributed by atoms with Crippen molar-refractivity contribution in [1.29, 1.82) is 0 Å². The first-order chi connectivity index (χ1) is 18.2. The topological polar surface area (TPSA) is 18.5 Å². The van der Waals surface area contributed by atoms with Gasteiger partial charge in [-0.1, -0.05) is 140 Å². The Hall–Kier alpha value is -2.13. The zero-order valence-electron chi connectivity index (χ0n) is 23.7. The van der Waals surface area contributed by atoms with Crippen molar-refractivity contribution in [2.75, 3.05) is 13.2 Å². The smallest absolute Gasteiger partial charge is 0.161 e. The minimum Gasteiger partial charge on any atom is -0.490 e. The summed E-state index contributed by atoms with van der Waals surface area (Å²) >= 11 is 5.68. The van der Waals surface area contributed by atoms with Gasteiger partial charge in [-0.15, -0.1) is 0 Å². The highest BCUT2D eigenvalue weighted by Gasteiger charge is 2.07. The Bertz CT molecular complexity index is 901. The van der Waals surface area contributed by atoms with E-state index in [2.05, 4.69) is 69.3 Å². The second-order valence-corrected chi connectivity index (χ2v) is 10.5. The highest BCUT2D eigenvalue weighted by atomic mass is 32.1. The number of unbranched alkanes of at least 4 members (excludes halogenated alkanes) is 10. The molecule has 37 heavy (non-hydrogen) atoms. The molecular weight excluding hydrogens is 472 g/mol. The molecule has 0 spiro atoms. The summed E-state index contributed by atoms with van der Waals surface area (Å²) in [5.41, 5.74) is 3.53. The van der Waals surface area contributed by atoms with Crippen molar-refractivity contribution in [3.63, 3.8) is 0 Å². The Morgan fingerprint density at radius 2 is 1.22 bits per heavy atom. The van der Waals surface area contributed by atoms with Crippen LogP contribution < -0.4 is 9.47 Å². The summed E-state index contributed by atoms with van der Waals surface area (Å²) in [7, 11) is 0. The highest BCUT2D eigenvalue weighted by Crippen LogP contribution is 2.30. The van der Waals surface area contributed by atoms with Crippen LogP contribution in [0.3, 0.4) is 0 Å². The molecule has 0 aromatic heterocycles. The molecule has 0 unspecified atom stereocenters. The maximum Gasteiger partial charge on any atom is 0.161 e. The van der Waals surface area contributed by atoms with E-state index in [0.717, 1.165) is 66.4 Å². The Labute approximate surface area is 232 Å². The minimum atomic E-state index is 0.731. The van der Waals surface area contributed by atoms with E-state index in [1.54, 1.807) is 0 Å². The summed E-state index contributed by atoms with van der Waals surface area (Å²) in [5.74, 6) is 1.70. The SMILES string of the molecule is CCCCCCCCOc1ccc(C=CC(=S)c2ccc(CCC)cc2)cc1OCCCCCCCC. The Morgan fingerprint density at radius 1 is 0.649 bits per heavy atom.